The Hall–Kier alpha value is -1.59. The van der Waals surface area contributed by atoms with Crippen molar-refractivity contribution in [3.05, 3.63) is 30.0 Å². The number of likely N-dealkylation sites (tertiary alicyclic amines) is 1. The molecule has 0 radical (unpaired) electrons. The van der Waals surface area contributed by atoms with E-state index < -0.39 is 0 Å². The van der Waals surface area contributed by atoms with E-state index in [-0.39, 0.29) is 24.4 Å². The highest BCUT2D eigenvalue weighted by molar-refractivity contribution is 5.86. The van der Waals surface area contributed by atoms with Crippen LogP contribution in [0.5, 0.6) is 0 Å². The number of rotatable bonds is 2. The Morgan fingerprint density at radius 2 is 2.05 bits per heavy atom. The van der Waals surface area contributed by atoms with Gasteiger partial charge in [-0.25, -0.2) is 0 Å². The van der Waals surface area contributed by atoms with Gasteiger partial charge in [0.15, 0.2) is 5.58 Å². The van der Waals surface area contributed by atoms with Gasteiger partial charge in [-0.05, 0) is 25.0 Å². The second-order valence-electron chi connectivity index (χ2n) is 5.02. The highest BCUT2D eigenvalue weighted by Gasteiger charge is 2.22. The average molecular weight is 296 g/mol. The molecule has 1 aliphatic rings. The first-order valence-corrected chi connectivity index (χ1v) is 6.60. The Balaban J connectivity index is 0.00000147. The van der Waals surface area contributed by atoms with E-state index in [0.717, 1.165) is 42.6 Å². The van der Waals surface area contributed by atoms with Crippen molar-refractivity contribution >= 4 is 29.3 Å². The molecule has 3 rings (SSSR count). The number of para-hydroxylation sites is 1. The second-order valence-corrected chi connectivity index (χ2v) is 5.02. The van der Waals surface area contributed by atoms with Gasteiger partial charge in [0.05, 0.1) is 6.42 Å². The minimum absolute atomic E-state index is 0. The van der Waals surface area contributed by atoms with Crippen LogP contribution >= 0.6 is 12.4 Å². The van der Waals surface area contributed by atoms with E-state index in [2.05, 4.69) is 5.16 Å². The summed E-state index contributed by atoms with van der Waals surface area (Å²) in [4.78, 5) is 14.1. The van der Waals surface area contributed by atoms with Crippen LogP contribution in [0.3, 0.4) is 0 Å². The van der Waals surface area contributed by atoms with Crippen molar-refractivity contribution in [3.8, 4) is 0 Å². The molecular formula is C14H18ClN3O2. The largest absolute Gasteiger partial charge is 0.356 e. The van der Waals surface area contributed by atoms with Crippen LogP contribution in [0.25, 0.3) is 11.0 Å². The first-order chi connectivity index (χ1) is 9.24. The lowest BCUT2D eigenvalue weighted by Gasteiger charge is -2.30. The van der Waals surface area contributed by atoms with Gasteiger partial charge in [-0.2, -0.15) is 0 Å². The van der Waals surface area contributed by atoms with E-state index in [4.69, 9.17) is 10.3 Å². The summed E-state index contributed by atoms with van der Waals surface area (Å²) >= 11 is 0. The molecule has 0 unspecified atom stereocenters. The number of piperidine rings is 1. The third-order valence-electron chi connectivity index (χ3n) is 3.66. The van der Waals surface area contributed by atoms with Crippen molar-refractivity contribution in [1.82, 2.24) is 10.1 Å². The predicted molar refractivity (Wildman–Crippen MR) is 78.8 cm³/mol. The summed E-state index contributed by atoms with van der Waals surface area (Å²) < 4.78 is 5.21. The van der Waals surface area contributed by atoms with Gasteiger partial charge in [-0.1, -0.05) is 17.3 Å². The van der Waals surface area contributed by atoms with E-state index in [9.17, 15) is 4.79 Å². The number of carbonyl (C=O) groups excluding carboxylic acids is 1. The van der Waals surface area contributed by atoms with Crippen LogP contribution in [-0.4, -0.2) is 35.1 Å². The number of fused-ring (bicyclic) bond motifs is 1. The lowest BCUT2D eigenvalue weighted by molar-refractivity contribution is -0.131. The Morgan fingerprint density at radius 1 is 1.35 bits per heavy atom. The summed E-state index contributed by atoms with van der Waals surface area (Å²) in [6.07, 6.45) is 2.06. The molecule has 5 nitrogen and oxygen atoms in total. The fourth-order valence-corrected chi connectivity index (χ4v) is 2.47. The van der Waals surface area contributed by atoms with Gasteiger partial charge in [0, 0.05) is 24.5 Å². The van der Waals surface area contributed by atoms with Gasteiger partial charge in [0.1, 0.15) is 5.69 Å². The van der Waals surface area contributed by atoms with Crippen molar-refractivity contribution in [2.45, 2.75) is 25.3 Å². The van der Waals surface area contributed by atoms with Gasteiger partial charge in [-0.15, -0.1) is 12.4 Å². The van der Waals surface area contributed by atoms with Crippen molar-refractivity contribution in [2.24, 2.45) is 5.73 Å². The molecule has 2 aromatic rings. The molecule has 1 saturated heterocycles. The Labute approximate surface area is 123 Å². The molecule has 1 aliphatic heterocycles. The van der Waals surface area contributed by atoms with Crippen LogP contribution in [0.2, 0.25) is 0 Å². The Bertz CT molecular complexity index is 591. The number of nitrogens with zero attached hydrogens (tertiary/aromatic N) is 2. The highest BCUT2D eigenvalue weighted by Crippen LogP contribution is 2.19. The van der Waals surface area contributed by atoms with Gasteiger partial charge >= 0.3 is 0 Å². The molecule has 1 amide bonds. The number of hydrogen-bond donors (Lipinski definition) is 1. The van der Waals surface area contributed by atoms with E-state index >= 15 is 0 Å². The lowest BCUT2D eigenvalue weighted by atomic mass is 10.1. The van der Waals surface area contributed by atoms with Crippen molar-refractivity contribution in [3.63, 3.8) is 0 Å². The SMILES string of the molecule is Cl.NC1CCN(C(=O)Cc2noc3ccccc23)CC1. The van der Waals surface area contributed by atoms with Crippen LogP contribution in [0.1, 0.15) is 18.5 Å². The van der Waals surface area contributed by atoms with Crippen molar-refractivity contribution < 1.29 is 9.32 Å². The number of halogens is 1. The predicted octanol–water partition coefficient (Wildman–Crippen LogP) is 1.74. The number of aromatic nitrogens is 1. The molecule has 0 aliphatic carbocycles. The summed E-state index contributed by atoms with van der Waals surface area (Å²) in [5.74, 6) is 0.103. The molecule has 0 saturated carbocycles. The molecule has 0 atom stereocenters. The fraction of sp³-hybridized carbons (Fsp3) is 0.429. The molecule has 2 heterocycles. The number of nitrogens with two attached hydrogens (primary N) is 1. The van der Waals surface area contributed by atoms with Crippen molar-refractivity contribution in [1.29, 1.82) is 0 Å². The number of hydrogen-bond acceptors (Lipinski definition) is 4. The van der Waals surface area contributed by atoms with Crippen molar-refractivity contribution in [2.75, 3.05) is 13.1 Å². The summed E-state index contributed by atoms with van der Waals surface area (Å²) in [5.41, 5.74) is 7.29. The normalized spacial score (nSPS) is 16.1. The zero-order valence-electron chi connectivity index (χ0n) is 11.1. The molecule has 1 aromatic heterocycles. The van der Waals surface area contributed by atoms with Gasteiger partial charge in [0.25, 0.3) is 0 Å². The topological polar surface area (TPSA) is 72.4 Å². The minimum Gasteiger partial charge on any atom is -0.356 e. The number of amides is 1. The minimum atomic E-state index is 0. The monoisotopic (exact) mass is 295 g/mol. The van der Waals surface area contributed by atoms with Crippen LogP contribution in [0, 0.1) is 0 Å². The summed E-state index contributed by atoms with van der Waals surface area (Å²) in [7, 11) is 0. The molecule has 1 aromatic carbocycles. The maximum Gasteiger partial charge on any atom is 0.228 e. The maximum atomic E-state index is 12.2. The zero-order valence-corrected chi connectivity index (χ0v) is 11.9. The third kappa shape index (κ3) is 2.94. The highest BCUT2D eigenvalue weighted by atomic mass is 35.5. The molecule has 0 bridgehead atoms. The first kappa shape index (κ1) is 14.8. The third-order valence-corrected chi connectivity index (χ3v) is 3.66. The van der Waals surface area contributed by atoms with Gasteiger partial charge in [-0.3, -0.25) is 4.79 Å². The maximum absolute atomic E-state index is 12.2. The summed E-state index contributed by atoms with van der Waals surface area (Å²) in [6, 6.07) is 7.84. The van der Waals surface area contributed by atoms with Gasteiger partial charge in [0.2, 0.25) is 5.91 Å². The summed E-state index contributed by atoms with van der Waals surface area (Å²) in [6.45, 7) is 1.49. The molecule has 6 heteroatoms. The average Bonchev–Trinajstić information content (AvgIpc) is 2.83. The molecular weight excluding hydrogens is 278 g/mol. The molecule has 2 N–H and O–H groups in total. The zero-order chi connectivity index (χ0) is 13.2. The smallest absolute Gasteiger partial charge is 0.228 e. The van der Waals surface area contributed by atoms with E-state index in [0.29, 0.717) is 6.42 Å². The first-order valence-electron chi connectivity index (χ1n) is 6.60. The molecule has 0 spiro atoms. The van der Waals surface area contributed by atoms with Gasteiger partial charge < -0.3 is 15.2 Å². The fourth-order valence-electron chi connectivity index (χ4n) is 2.47. The molecule has 1 fully saturated rings. The van der Waals surface area contributed by atoms with Crippen LogP contribution in [0.15, 0.2) is 28.8 Å². The number of carbonyl (C=O) groups is 1. The Kier molecular flexibility index (Phi) is 4.62. The number of benzene rings is 1. The Morgan fingerprint density at radius 3 is 2.80 bits per heavy atom. The van der Waals surface area contributed by atoms with E-state index in [1.54, 1.807) is 0 Å². The van der Waals surface area contributed by atoms with E-state index in [1.165, 1.54) is 0 Å². The van der Waals surface area contributed by atoms with E-state index in [1.807, 2.05) is 29.2 Å². The standard InChI is InChI=1S/C14H17N3O2.ClH/c15-10-5-7-17(8-6-10)14(18)9-12-11-3-1-2-4-13(11)19-16-12;/h1-4,10H,5-9,15H2;1H. The molecule has 108 valence electrons. The quantitative estimate of drug-likeness (QED) is 0.916. The molecule has 20 heavy (non-hydrogen) atoms. The van der Waals surface area contributed by atoms with Crippen LogP contribution in [-0.2, 0) is 11.2 Å². The van der Waals surface area contributed by atoms with Crippen LogP contribution in [0.4, 0.5) is 0 Å². The lowest BCUT2D eigenvalue weighted by Crippen LogP contribution is -2.43. The summed E-state index contributed by atoms with van der Waals surface area (Å²) in [5, 5.41) is 4.92. The second kappa shape index (κ2) is 6.24. The van der Waals surface area contributed by atoms with Crippen LogP contribution < -0.4 is 5.73 Å².